The number of rotatable bonds is 2. The van der Waals surface area contributed by atoms with Crippen molar-refractivity contribution in [3.63, 3.8) is 0 Å². The second kappa shape index (κ2) is 5.97. The number of nitrogens with one attached hydrogen (secondary N) is 1. The molecule has 3 aliphatic rings. The molecule has 1 unspecified atom stereocenters. The van der Waals surface area contributed by atoms with Crippen LogP contribution in [0.3, 0.4) is 0 Å². The molecule has 2 saturated heterocycles. The number of hydrogen-bond donors (Lipinski definition) is 1. The monoisotopic (exact) mass is 349 g/mol. The van der Waals surface area contributed by atoms with Gasteiger partial charge in [-0.05, 0) is 37.3 Å². The van der Waals surface area contributed by atoms with Crippen LogP contribution in [0.15, 0.2) is 36.7 Å². The highest BCUT2D eigenvalue weighted by atomic mass is 16.2. The van der Waals surface area contributed by atoms with Crippen LogP contribution in [0.4, 0.5) is 17.3 Å². The van der Waals surface area contributed by atoms with Gasteiger partial charge in [0, 0.05) is 37.9 Å². The third-order valence-corrected chi connectivity index (χ3v) is 6.04. The van der Waals surface area contributed by atoms with E-state index in [1.54, 1.807) is 6.33 Å². The Kier molecular flexibility index (Phi) is 3.58. The van der Waals surface area contributed by atoms with Gasteiger partial charge in [0.25, 0.3) is 0 Å². The zero-order valence-electron chi connectivity index (χ0n) is 14.8. The maximum Gasteiger partial charge on any atom is 0.236 e. The largest absolute Gasteiger partial charge is 0.356 e. The van der Waals surface area contributed by atoms with Crippen molar-refractivity contribution >= 4 is 23.2 Å². The second-order valence-electron chi connectivity index (χ2n) is 7.54. The Bertz CT molecular complexity index is 848. The average molecular weight is 349 g/mol. The van der Waals surface area contributed by atoms with Gasteiger partial charge in [-0.3, -0.25) is 4.79 Å². The molecule has 1 amide bonds. The summed E-state index contributed by atoms with van der Waals surface area (Å²) < 4.78 is 0. The number of nitrogens with zero attached hydrogens (tertiary/aromatic N) is 4. The molecule has 6 heteroatoms. The summed E-state index contributed by atoms with van der Waals surface area (Å²) in [5, 5.41) is 3.06. The summed E-state index contributed by atoms with van der Waals surface area (Å²) in [6, 6.07) is 10.1. The number of hydrogen-bond acceptors (Lipinski definition) is 5. The highest BCUT2D eigenvalue weighted by Gasteiger charge is 2.51. The third-order valence-electron chi connectivity index (χ3n) is 6.04. The number of benzene rings is 1. The number of amides is 1. The minimum Gasteiger partial charge on any atom is -0.356 e. The molecular formula is C20H23N5O. The Balaban J connectivity index is 1.42. The summed E-state index contributed by atoms with van der Waals surface area (Å²) in [5.74, 6) is 2.05. The maximum absolute atomic E-state index is 12.8. The minimum atomic E-state index is -0.452. The fourth-order valence-electron chi connectivity index (χ4n) is 4.59. The molecule has 1 atom stereocenters. The van der Waals surface area contributed by atoms with Gasteiger partial charge in [0.1, 0.15) is 18.0 Å². The van der Waals surface area contributed by atoms with Crippen molar-refractivity contribution in [2.24, 2.45) is 0 Å². The van der Waals surface area contributed by atoms with Gasteiger partial charge >= 0.3 is 0 Å². The van der Waals surface area contributed by atoms with Crippen LogP contribution in [0.2, 0.25) is 0 Å². The average Bonchev–Trinajstić information content (AvgIpc) is 3.26. The summed E-state index contributed by atoms with van der Waals surface area (Å²) in [6.45, 7) is 3.64. The van der Waals surface area contributed by atoms with E-state index in [-0.39, 0.29) is 5.91 Å². The van der Waals surface area contributed by atoms with Gasteiger partial charge < -0.3 is 15.1 Å². The van der Waals surface area contributed by atoms with E-state index in [1.165, 1.54) is 19.3 Å². The van der Waals surface area contributed by atoms with Crippen molar-refractivity contribution in [2.45, 2.75) is 31.1 Å². The van der Waals surface area contributed by atoms with Crippen molar-refractivity contribution in [3.8, 4) is 0 Å². The molecule has 4 heterocycles. The topological polar surface area (TPSA) is 61.4 Å². The van der Waals surface area contributed by atoms with Gasteiger partial charge in [0.2, 0.25) is 5.91 Å². The van der Waals surface area contributed by atoms with Crippen LogP contribution >= 0.6 is 0 Å². The standard InChI is InChI=1S/C20H23N5O/c26-19-20(15-6-2-3-7-16(15)23-19)8-11-25(13-20)18-12-17(21-14-22-18)24-9-4-1-5-10-24/h2-3,6-7,12,14H,1,4-5,8-11,13H2,(H,23,26). The molecule has 0 saturated carbocycles. The molecule has 1 N–H and O–H groups in total. The molecule has 5 rings (SSSR count). The van der Waals surface area contributed by atoms with Gasteiger partial charge in [-0.15, -0.1) is 0 Å². The van der Waals surface area contributed by atoms with Gasteiger partial charge in [0.15, 0.2) is 0 Å². The van der Waals surface area contributed by atoms with Crippen LogP contribution in [0.25, 0.3) is 0 Å². The van der Waals surface area contributed by atoms with Crippen molar-refractivity contribution in [3.05, 3.63) is 42.2 Å². The van der Waals surface area contributed by atoms with E-state index in [0.717, 1.165) is 48.9 Å². The lowest BCUT2D eigenvalue weighted by Crippen LogP contribution is -2.38. The number of aromatic nitrogens is 2. The first-order valence-corrected chi connectivity index (χ1v) is 9.49. The zero-order valence-corrected chi connectivity index (χ0v) is 14.8. The molecule has 6 nitrogen and oxygen atoms in total. The van der Waals surface area contributed by atoms with Gasteiger partial charge in [-0.2, -0.15) is 0 Å². The van der Waals surface area contributed by atoms with Crippen molar-refractivity contribution in [1.82, 2.24) is 9.97 Å². The summed E-state index contributed by atoms with van der Waals surface area (Å²) in [6.07, 6.45) is 6.23. The van der Waals surface area contributed by atoms with E-state index in [1.807, 2.05) is 18.2 Å². The summed E-state index contributed by atoms with van der Waals surface area (Å²) >= 11 is 0. The first kappa shape index (κ1) is 15.6. The summed E-state index contributed by atoms with van der Waals surface area (Å²) in [5.41, 5.74) is 1.63. The first-order chi connectivity index (χ1) is 12.8. The fourth-order valence-corrected chi connectivity index (χ4v) is 4.59. The van der Waals surface area contributed by atoms with Gasteiger partial charge in [0.05, 0.1) is 5.41 Å². The highest BCUT2D eigenvalue weighted by molar-refractivity contribution is 6.07. The van der Waals surface area contributed by atoms with Crippen molar-refractivity contribution in [1.29, 1.82) is 0 Å². The predicted octanol–water partition coefficient (Wildman–Crippen LogP) is 2.57. The maximum atomic E-state index is 12.8. The zero-order chi connectivity index (χ0) is 17.6. The number of carbonyl (C=O) groups excluding carboxylic acids is 1. The lowest BCUT2D eigenvalue weighted by atomic mass is 9.81. The van der Waals surface area contributed by atoms with E-state index in [0.29, 0.717) is 6.54 Å². The minimum absolute atomic E-state index is 0.117. The molecule has 2 aromatic rings. The first-order valence-electron chi connectivity index (χ1n) is 9.49. The van der Waals surface area contributed by atoms with Crippen LogP contribution in [0.5, 0.6) is 0 Å². The molecule has 134 valence electrons. The number of piperidine rings is 1. The molecule has 26 heavy (non-hydrogen) atoms. The fraction of sp³-hybridized carbons (Fsp3) is 0.450. The number of fused-ring (bicyclic) bond motifs is 2. The highest BCUT2D eigenvalue weighted by Crippen LogP contribution is 2.44. The van der Waals surface area contributed by atoms with Crippen molar-refractivity contribution < 1.29 is 4.79 Å². The van der Waals surface area contributed by atoms with Crippen LogP contribution in [0, 0.1) is 0 Å². The molecule has 0 bridgehead atoms. The second-order valence-corrected chi connectivity index (χ2v) is 7.54. The lowest BCUT2D eigenvalue weighted by molar-refractivity contribution is -0.120. The van der Waals surface area contributed by atoms with E-state index in [4.69, 9.17) is 0 Å². The lowest BCUT2D eigenvalue weighted by Gasteiger charge is -2.28. The SMILES string of the molecule is O=C1Nc2ccccc2C12CCN(c1cc(N3CCCCC3)ncn1)C2. The molecule has 3 aliphatic heterocycles. The summed E-state index contributed by atoms with van der Waals surface area (Å²) in [4.78, 5) is 26.3. The molecule has 0 radical (unpaired) electrons. The summed E-state index contributed by atoms with van der Waals surface area (Å²) in [7, 11) is 0. The molecule has 1 aromatic heterocycles. The van der Waals surface area contributed by atoms with Crippen LogP contribution in [0.1, 0.15) is 31.2 Å². The van der Waals surface area contributed by atoms with E-state index < -0.39 is 5.41 Å². The van der Waals surface area contributed by atoms with Crippen LogP contribution in [-0.4, -0.2) is 42.1 Å². The van der Waals surface area contributed by atoms with E-state index in [9.17, 15) is 4.79 Å². The number of carbonyl (C=O) groups is 1. The molecule has 1 aromatic carbocycles. The quantitative estimate of drug-likeness (QED) is 0.903. The van der Waals surface area contributed by atoms with Crippen LogP contribution < -0.4 is 15.1 Å². The van der Waals surface area contributed by atoms with Gasteiger partial charge in [-0.25, -0.2) is 9.97 Å². The molecule has 0 aliphatic carbocycles. The predicted molar refractivity (Wildman–Crippen MR) is 102 cm³/mol. The normalized spacial score (nSPS) is 24.8. The van der Waals surface area contributed by atoms with Crippen LogP contribution in [-0.2, 0) is 10.2 Å². The third kappa shape index (κ3) is 2.35. The smallest absolute Gasteiger partial charge is 0.236 e. The number of anilines is 3. The van der Waals surface area contributed by atoms with Crippen molar-refractivity contribution in [2.75, 3.05) is 41.3 Å². The van der Waals surface area contributed by atoms with E-state index >= 15 is 0 Å². The molecular weight excluding hydrogens is 326 g/mol. The Labute approximate surface area is 153 Å². The Morgan fingerprint density at radius 1 is 0.962 bits per heavy atom. The number of para-hydroxylation sites is 1. The van der Waals surface area contributed by atoms with Gasteiger partial charge in [-0.1, -0.05) is 18.2 Å². The molecule has 2 fully saturated rings. The Hall–Kier alpha value is -2.63. The Morgan fingerprint density at radius 3 is 2.58 bits per heavy atom. The Morgan fingerprint density at radius 2 is 1.73 bits per heavy atom. The molecule has 1 spiro atoms. The van der Waals surface area contributed by atoms with E-state index in [2.05, 4.69) is 37.2 Å².